The standard InChI is InChI=1S/C33H25ClN2O3S/c1-18-9-14-25-22(16-18)19(2)17-27-33(23-6-3-4-7-24(23)35-32(33)39)28(30(37)20-10-12-21(34)13-11-20)29(36(25)27)31(38)26-8-5-15-40-26/h3-17,27-29H,1-2H3,(H,35,39). The number of ketones is 2. The van der Waals surface area contributed by atoms with E-state index in [9.17, 15) is 14.4 Å². The van der Waals surface area contributed by atoms with Crippen molar-refractivity contribution in [2.45, 2.75) is 31.3 Å². The van der Waals surface area contributed by atoms with Crippen molar-refractivity contribution in [2.24, 2.45) is 5.92 Å². The molecule has 40 heavy (non-hydrogen) atoms. The Morgan fingerprint density at radius 3 is 2.48 bits per heavy atom. The van der Waals surface area contributed by atoms with Crippen molar-refractivity contribution in [1.82, 2.24) is 0 Å². The molecule has 3 aliphatic heterocycles. The molecule has 5 nitrogen and oxygen atoms in total. The van der Waals surface area contributed by atoms with Crippen LogP contribution in [-0.4, -0.2) is 29.6 Å². The molecule has 7 rings (SSSR count). The zero-order valence-electron chi connectivity index (χ0n) is 21.9. The normalized spacial score (nSPS) is 24.3. The number of fused-ring (bicyclic) bond motifs is 6. The lowest BCUT2D eigenvalue weighted by Crippen LogP contribution is -2.51. The highest BCUT2D eigenvalue weighted by molar-refractivity contribution is 7.12. The van der Waals surface area contributed by atoms with Crippen molar-refractivity contribution in [3.63, 3.8) is 0 Å². The zero-order valence-corrected chi connectivity index (χ0v) is 23.4. The van der Waals surface area contributed by atoms with Gasteiger partial charge in [0, 0.05) is 27.5 Å². The molecule has 4 aromatic rings. The van der Waals surface area contributed by atoms with Crippen molar-refractivity contribution in [3.8, 4) is 0 Å². The lowest BCUT2D eigenvalue weighted by Gasteiger charge is -2.39. The van der Waals surface area contributed by atoms with Gasteiger partial charge in [-0.05, 0) is 78.9 Å². The molecule has 0 saturated carbocycles. The van der Waals surface area contributed by atoms with Crippen LogP contribution < -0.4 is 10.2 Å². The first-order valence-corrected chi connectivity index (χ1v) is 14.4. The number of nitrogens with one attached hydrogen (secondary N) is 1. The highest BCUT2D eigenvalue weighted by atomic mass is 35.5. The highest BCUT2D eigenvalue weighted by Gasteiger charge is 2.70. The largest absolute Gasteiger partial charge is 0.352 e. The van der Waals surface area contributed by atoms with Gasteiger partial charge in [0.25, 0.3) is 0 Å². The predicted molar refractivity (Wildman–Crippen MR) is 160 cm³/mol. The lowest BCUT2D eigenvalue weighted by atomic mass is 9.64. The summed E-state index contributed by atoms with van der Waals surface area (Å²) in [5.41, 5.74) is 4.47. The summed E-state index contributed by atoms with van der Waals surface area (Å²) in [7, 11) is 0. The number of para-hydroxylation sites is 1. The summed E-state index contributed by atoms with van der Waals surface area (Å²) >= 11 is 7.52. The van der Waals surface area contributed by atoms with Gasteiger partial charge in [0.2, 0.25) is 5.91 Å². The van der Waals surface area contributed by atoms with Gasteiger partial charge in [-0.25, -0.2) is 0 Å². The van der Waals surface area contributed by atoms with Crippen LogP contribution in [0, 0.1) is 12.8 Å². The molecule has 1 fully saturated rings. The quantitative estimate of drug-likeness (QED) is 0.272. The van der Waals surface area contributed by atoms with Crippen LogP contribution in [0.4, 0.5) is 11.4 Å². The van der Waals surface area contributed by atoms with E-state index in [4.69, 9.17) is 11.6 Å². The SMILES string of the molecule is CC1=CC2N(c3ccc(C)cc31)C(C(=O)c1cccs1)C(C(=O)c1ccc(Cl)cc1)C21C(=O)Nc2ccccc21. The Balaban J connectivity index is 1.56. The van der Waals surface area contributed by atoms with Gasteiger partial charge in [0.05, 0.1) is 16.8 Å². The fourth-order valence-electron chi connectivity index (χ4n) is 6.90. The monoisotopic (exact) mass is 564 g/mol. The van der Waals surface area contributed by atoms with Gasteiger partial charge in [-0.2, -0.15) is 0 Å². The number of amides is 1. The molecule has 1 aromatic heterocycles. The third kappa shape index (κ3) is 3.36. The summed E-state index contributed by atoms with van der Waals surface area (Å²) in [4.78, 5) is 46.2. The second-order valence-electron chi connectivity index (χ2n) is 10.7. The molecule has 1 N–H and O–H groups in total. The summed E-state index contributed by atoms with van der Waals surface area (Å²) in [5.74, 6) is -1.68. The van der Waals surface area contributed by atoms with Gasteiger partial charge in [-0.1, -0.05) is 53.6 Å². The topological polar surface area (TPSA) is 66.5 Å². The lowest BCUT2D eigenvalue weighted by molar-refractivity contribution is -0.121. The van der Waals surface area contributed by atoms with E-state index >= 15 is 0 Å². The van der Waals surface area contributed by atoms with Gasteiger partial charge in [0.1, 0.15) is 11.5 Å². The Morgan fingerprint density at radius 1 is 0.950 bits per heavy atom. The van der Waals surface area contributed by atoms with Crippen LogP contribution in [0.1, 0.15) is 43.6 Å². The molecule has 0 aliphatic carbocycles. The summed E-state index contributed by atoms with van der Waals surface area (Å²) in [6.07, 6.45) is 2.08. The molecule has 1 amide bonds. The Morgan fingerprint density at radius 2 is 1.73 bits per heavy atom. The molecule has 0 bridgehead atoms. The molecule has 1 saturated heterocycles. The Bertz CT molecular complexity index is 1740. The Labute approximate surface area is 241 Å². The first-order chi connectivity index (χ1) is 19.3. The number of aryl methyl sites for hydroxylation is 1. The number of thiophene rings is 1. The number of anilines is 2. The summed E-state index contributed by atoms with van der Waals surface area (Å²) in [6, 6.07) is 22.6. The van der Waals surface area contributed by atoms with E-state index in [1.54, 1.807) is 30.3 Å². The molecule has 3 aliphatic rings. The van der Waals surface area contributed by atoms with E-state index < -0.39 is 23.4 Å². The van der Waals surface area contributed by atoms with Crippen molar-refractivity contribution >= 4 is 57.4 Å². The van der Waals surface area contributed by atoms with E-state index in [0.717, 1.165) is 28.0 Å². The third-order valence-corrected chi connectivity index (χ3v) is 9.71. The average molecular weight is 565 g/mol. The van der Waals surface area contributed by atoms with Crippen molar-refractivity contribution in [1.29, 1.82) is 0 Å². The molecule has 3 aromatic carbocycles. The van der Waals surface area contributed by atoms with E-state index in [2.05, 4.69) is 17.5 Å². The maximum Gasteiger partial charge on any atom is 0.238 e. The van der Waals surface area contributed by atoms with E-state index in [1.165, 1.54) is 11.3 Å². The van der Waals surface area contributed by atoms with Gasteiger partial charge in [-0.3, -0.25) is 14.4 Å². The second kappa shape index (κ2) is 9.01. The Kier molecular flexibility index (Phi) is 5.63. The number of Topliss-reactive ketones (excluding diaryl/α,β-unsaturated/α-hetero) is 2. The molecular weight excluding hydrogens is 540 g/mol. The first kappa shape index (κ1) is 25.0. The van der Waals surface area contributed by atoms with E-state index in [1.807, 2.05) is 66.6 Å². The van der Waals surface area contributed by atoms with Crippen LogP contribution in [0.5, 0.6) is 0 Å². The fourth-order valence-corrected chi connectivity index (χ4v) is 7.73. The zero-order chi connectivity index (χ0) is 27.8. The third-order valence-electron chi connectivity index (χ3n) is 8.58. The predicted octanol–water partition coefficient (Wildman–Crippen LogP) is 6.96. The number of nitrogens with zero attached hydrogens (tertiary/aromatic N) is 1. The van der Waals surface area contributed by atoms with Crippen LogP contribution >= 0.6 is 22.9 Å². The summed E-state index contributed by atoms with van der Waals surface area (Å²) in [6.45, 7) is 4.07. The number of allylic oxidation sites excluding steroid dienone is 1. The smallest absolute Gasteiger partial charge is 0.238 e. The first-order valence-electron chi connectivity index (χ1n) is 13.2. The minimum atomic E-state index is -1.32. The fraction of sp³-hybridized carbons (Fsp3) is 0.182. The summed E-state index contributed by atoms with van der Waals surface area (Å²) < 4.78 is 0. The van der Waals surface area contributed by atoms with Crippen molar-refractivity contribution < 1.29 is 14.4 Å². The van der Waals surface area contributed by atoms with Crippen LogP contribution in [0.25, 0.3) is 5.57 Å². The highest BCUT2D eigenvalue weighted by Crippen LogP contribution is 2.59. The molecule has 4 unspecified atom stereocenters. The second-order valence-corrected chi connectivity index (χ2v) is 12.1. The molecule has 198 valence electrons. The number of hydrogen-bond donors (Lipinski definition) is 1. The van der Waals surface area contributed by atoms with E-state index in [-0.39, 0.29) is 17.5 Å². The van der Waals surface area contributed by atoms with Crippen LogP contribution in [0.3, 0.4) is 0 Å². The number of rotatable bonds is 4. The number of carbonyl (C=O) groups is 3. The average Bonchev–Trinajstić information content (AvgIpc) is 3.66. The van der Waals surface area contributed by atoms with Crippen LogP contribution in [0.2, 0.25) is 5.02 Å². The van der Waals surface area contributed by atoms with Gasteiger partial charge in [-0.15, -0.1) is 11.3 Å². The minimum absolute atomic E-state index is 0.166. The van der Waals surface area contributed by atoms with Crippen LogP contribution in [-0.2, 0) is 10.2 Å². The molecule has 0 radical (unpaired) electrons. The summed E-state index contributed by atoms with van der Waals surface area (Å²) in [5, 5.41) is 5.44. The molecule has 4 heterocycles. The van der Waals surface area contributed by atoms with Crippen molar-refractivity contribution in [3.05, 3.63) is 122 Å². The minimum Gasteiger partial charge on any atom is -0.352 e. The van der Waals surface area contributed by atoms with Gasteiger partial charge >= 0.3 is 0 Å². The van der Waals surface area contributed by atoms with E-state index in [0.29, 0.717) is 21.2 Å². The van der Waals surface area contributed by atoms with Gasteiger partial charge < -0.3 is 10.2 Å². The molecule has 1 spiro atoms. The Hall–Kier alpha value is -4.00. The van der Waals surface area contributed by atoms with Gasteiger partial charge in [0.15, 0.2) is 11.6 Å². The van der Waals surface area contributed by atoms with Crippen LogP contribution in [0.15, 0.2) is 90.3 Å². The number of benzene rings is 3. The maximum absolute atomic E-state index is 14.7. The number of carbonyl (C=O) groups excluding carboxylic acids is 3. The van der Waals surface area contributed by atoms with Crippen molar-refractivity contribution in [2.75, 3.05) is 10.2 Å². The molecule has 4 atom stereocenters. The number of halogens is 1. The molecule has 7 heteroatoms. The molecular formula is C33H25ClN2O3S. The number of hydrogen-bond acceptors (Lipinski definition) is 5. The maximum atomic E-state index is 14.7.